The molecule has 1 aromatic rings. The van der Waals surface area contributed by atoms with Gasteiger partial charge in [-0.15, -0.1) is 0 Å². The van der Waals surface area contributed by atoms with Gasteiger partial charge in [0.2, 0.25) is 5.91 Å². The Labute approximate surface area is 150 Å². The molecule has 1 saturated heterocycles. The average molecular weight is 346 g/mol. The largest absolute Gasteiger partial charge is 0.391 e. The monoisotopic (exact) mass is 346 g/mol. The summed E-state index contributed by atoms with van der Waals surface area (Å²) in [5.41, 5.74) is 0.974. The third-order valence-electron chi connectivity index (χ3n) is 5.71. The van der Waals surface area contributed by atoms with E-state index in [0.717, 1.165) is 57.2 Å². The third kappa shape index (κ3) is 4.76. The molecule has 0 aromatic carbocycles. The van der Waals surface area contributed by atoms with Gasteiger partial charge >= 0.3 is 0 Å². The van der Waals surface area contributed by atoms with Crippen LogP contribution >= 0.6 is 0 Å². The number of hydrogen-bond donors (Lipinski definition) is 1. The molecule has 25 heavy (non-hydrogen) atoms. The lowest BCUT2D eigenvalue weighted by atomic mass is 9.91. The van der Waals surface area contributed by atoms with Crippen LogP contribution in [0.3, 0.4) is 0 Å². The van der Waals surface area contributed by atoms with E-state index in [0.29, 0.717) is 12.6 Å². The number of likely N-dealkylation sites (tertiary alicyclic amines) is 1. The van der Waals surface area contributed by atoms with Crippen LogP contribution in [0.4, 0.5) is 0 Å². The summed E-state index contributed by atoms with van der Waals surface area (Å²) in [7, 11) is 0. The maximum absolute atomic E-state index is 12.2. The first-order chi connectivity index (χ1) is 12.1. The molecule has 2 heterocycles. The first-order valence-electron chi connectivity index (χ1n) is 9.58. The lowest BCUT2D eigenvalue weighted by Crippen LogP contribution is -2.46. The lowest BCUT2D eigenvalue weighted by molar-refractivity contribution is -0.132. The summed E-state index contributed by atoms with van der Waals surface area (Å²) in [6, 6.07) is 0.559. The van der Waals surface area contributed by atoms with E-state index >= 15 is 0 Å². The number of amides is 1. The zero-order valence-electron chi connectivity index (χ0n) is 15.2. The highest BCUT2D eigenvalue weighted by molar-refractivity contribution is 5.73. The average Bonchev–Trinajstić information content (AvgIpc) is 2.87. The third-order valence-corrected chi connectivity index (χ3v) is 5.71. The number of hydrogen-bond acceptors (Lipinski definition) is 5. The number of carbonyl (C=O) groups is 1. The molecule has 1 saturated carbocycles. The van der Waals surface area contributed by atoms with E-state index in [1.807, 2.05) is 4.90 Å². The molecule has 6 heteroatoms. The van der Waals surface area contributed by atoms with Crippen molar-refractivity contribution in [2.45, 2.75) is 76.6 Å². The maximum atomic E-state index is 12.2. The molecule has 0 spiro atoms. The molecule has 1 aromatic heterocycles. The van der Waals surface area contributed by atoms with Crippen molar-refractivity contribution in [2.75, 3.05) is 13.1 Å². The van der Waals surface area contributed by atoms with Crippen molar-refractivity contribution in [2.24, 2.45) is 0 Å². The van der Waals surface area contributed by atoms with Crippen LogP contribution in [-0.4, -0.2) is 62.1 Å². The molecule has 138 valence electrons. The van der Waals surface area contributed by atoms with E-state index in [1.54, 1.807) is 19.3 Å². The minimum absolute atomic E-state index is 0.111. The molecule has 6 nitrogen and oxygen atoms in total. The van der Waals surface area contributed by atoms with Crippen LogP contribution in [0, 0.1) is 0 Å². The standard InChI is InChI=1S/C19H30N4O2/c1-15(24)23(13-16-11-20-14-21-12-16)17-5-4-9-22(10-8-17)18-6-2-3-7-19(18)25/h11-12,14,17-19,25H,2-10,13H2,1H3. The highest BCUT2D eigenvalue weighted by Gasteiger charge is 2.32. The second-order valence-electron chi connectivity index (χ2n) is 7.43. The highest BCUT2D eigenvalue weighted by Crippen LogP contribution is 2.27. The molecule has 0 radical (unpaired) electrons. The van der Waals surface area contributed by atoms with Gasteiger partial charge in [0.05, 0.1) is 6.10 Å². The predicted octanol–water partition coefficient (Wildman–Crippen LogP) is 1.98. The quantitative estimate of drug-likeness (QED) is 0.903. The minimum Gasteiger partial charge on any atom is -0.391 e. The summed E-state index contributed by atoms with van der Waals surface area (Å²) in [6.07, 6.45) is 12.3. The van der Waals surface area contributed by atoms with Crippen LogP contribution in [-0.2, 0) is 11.3 Å². The molecular formula is C19H30N4O2. The Morgan fingerprint density at radius 3 is 2.64 bits per heavy atom. The van der Waals surface area contributed by atoms with Crippen LogP contribution in [0.15, 0.2) is 18.7 Å². The smallest absolute Gasteiger partial charge is 0.219 e. The van der Waals surface area contributed by atoms with Gasteiger partial charge in [-0.2, -0.15) is 0 Å². The highest BCUT2D eigenvalue weighted by atomic mass is 16.3. The van der Waals surface area contributed by atoms with Crippen molar-refractivity contribution in [1.82, 2.24) is 19.8 Å². The second kappa shape index (κ2) is 8.72. The van der Waals surface area contributed by atoms with E-state index in [9.17, 15) is 9.90 Å². The van der Waals surface area contributed by atoms with Gasteiger partial charge < -0.3 is 10.0 Å². The normalized spacial score (nSPS) is 28.3. The molecular weight excluding hydrogens is 316 g/mol. The molecule has 2 fully saturated rings. The van der Waals surface area contributed by atoms with Crippen LogP contribution in [0.2, 0.25) is 0 Å². The number of nitrogens with zero attached hydrogens (tertiary/aromatic N) is 4. The van der Waals surface area contributed by atoms with Crippen LogP contribution < -0.4 is 0 Å². The van der Waals surface area contributed by atoms with Crippen molar-refractivity contribution in [3.63, 3.8) is 0 Å². The zero-order chi connectivity index (χ0) is 17.6. The summed E-state index contributed by atoms with van der Waals surface area (Å²) in [4.78, 5) is 24.8. The van der Waals surface area contributed by atoms with Crippen molar-refractivity contribution in [3.8, 4) is 0 Å². The number of aliphatic hydroxyl groups is 1. The SMILES string of the molecule is CC(=O)N(Cc1cncnc1)C1CCCN(C2CCCCC2O)CC1. The van der Waals surface area contributed by atoms with E-state index in [2.05, 4.69) is 14.9 Å². The van der Waals surface area contributed by atoms with Crippen molar-refractivity contribution in [1.29, 1.82) is 0 Å². The number of carbonyl (C=O) groups excluding carboxylic acids is 1. The van der Waals surface area contributed by atoms with Gasteiger partial charge in [0.25, 0.3) is 0 Å². The molecule has 2 aliphatic rings. The Morgan fingerprint density at radius 2 is 1.92 bits per heavy atom. The van der Waals surface area contributed by atoms with Crippen molar-refractivity contribution < 1.29 is 9.90 Å². The summed E-state index contributed by atoms with van der Waals surface area (Å²) in [5.74, 6) is 0.111. The van der Waals surface area contributed by atoms with Crippen LogP contribution in [0.1, 0.15) is 57.4 Å². The first kappa shape index (κ1) is 18.3. The zero-order valence-corrected chi connectivity index (χ0v) is 15.2. The van der Waals surface area contributed by atoms with Gasteiger partial charge in [-0.1, -0.05) is 12.8 Å². The molecule has 1 aliphatic carbocycles. The van der Waals surface area contributed by atoms with E-state index in [-0.39, 0.29) is 18.1 Å². The van der Waals surface area contributed by atoms with E-state index < -0.39 is 0 Å². The minimum atomic E-state index is -0.185. The van der Waals surface area contributed by atoms with E-state index in [4.69, 9.17) is 0 Å². The summed E-state index contributed by atoms with van der Waals surface area (Å²) in [6.45, 7) is 4.21. The Kier molecular flexibility index (Phi) is 6.37. The topological polar surface area (TPSA) is 69.6 Å². The fourth-order valence-electron chi connectivity index (χ4n) is 4.37. The fraction of sp³-hybridized carbons (Fsp3) is 0.737. The first-order valence-corrected chi connectivity index (χ1v) is 9.58. The van der Waals surface area contributed by atoms with Crippen molar-refractivity contribution in [3.05, 3.63) is 24.3 Å². The van der Waals surface area contributed by atoms with Crippen LogP contribution in [0.25, 0.3) is 0 Å². The van der Waals surface area contributed by atoms with Gasteiger partial charge in [0.1, 0.15) is 6.33 Å². The van der Waals surface area contributed by atoms with Crippen molar-refractivity contribution >= 4 is 5.91 Å². The fourth-order valence-corrected chi connectivity index (χ4v) is 4.37. The Balaban J connectivity index is 1.62. The maximum Gasteiger partial charge on any atom is 0.219 e. The van der Waals surface area contributed by atoms with Gasteiger partial charge in [-0.3, -0.25) is 9.69 Å². The molecule has 0 bridgehead atoms. The summed E-state index contributed by atoms with van der Waals surface area (Å²) < 4.78 is 0. The van der Waals surface area contributed by atoms with Crippen LogP contribution in [0.5, 0.6) is 0 Å². The molecule has 1 N–H and O–H groups in total. The van der Waals surface area contributed by atoms with E-state index in [1.165, 1.54) is 12.7 Å². The van der Waals surface area contributed by atoms with Gasteiger partial charge in [-0.05, 0) is 38.6 Å². The Bertz CT molecular complexity index is 554. The molecule has 3 atom stereocenters. The molecule has 1 amide bonds. The van der Waals surface area contributed by atoms with Gasteiger partial charge in [0.15, 0.2) is 0 Å². The van der Waals surface area contributed by atoms with Gasteiger partial charge in [0, 0.05) is 50.1 Å². The summed E-state index contributed by atoms with van der Waals surface area (Å²) >= 11 is 0. The number of aliphatic hydroxyl groups excluding tert-OH is 1. The Hall–Kier alpha value is -1.53. The second-order valence-corrected chi connectivity index (χ2v) is 7.43. The Morgan fingerprint density at radius 1 is 1.16 bits per heavy atom. The number of aromatic nitrogens is 2. The predicted molar refractivity (Wildman–Crippen MR) is 95.7 cm³/mol. The molecule has 3 rings (SSSR count). The molecule has 3 unspecified atom stereocenters. The lowest BCUT2D eigenvalue weighted by Gasteiger charge is -2.37. The van der Waals surface area contributed by atoms with Gasteiger partial charge in [-0.25, -0.2) is 9.97 Å². The molecule has 1 aliphatic heterocycles. The summed E-state index contributed by atoms with van der Waals surface area (Å²) in [5, 5.41) is 10.4. The number of rotatable bonds is 4.